The normalized spacial score (nSPS) is 18.7. The van der Waals surface area contributed by atoms with Gasteiger partial charge in [0.05, 0.1) is 0 Å². The van der Waals surface area contributed by atoms with Crippen LogP contribution in [0, 0.1) is 0 Å². The van der Waals surface area contributed by atoms with Gasteiger partial charge in [-0.3, -0.25) is 4.90 Å². The number of piperazine rings is 1. The summed E-state index contributed by atoms with van der Waals surface area (Å²) >= 11 is 6.14. The zero-order valence-electron chi connectivity index (χ0n) is 16.5. The van der Waals surface area contributed by atoms with Gasteiger partial charge in [0.2, 0.25) is 0 Å². The first kappa shape index (κ1) is 23.8. The molecule has 2 fully saturated rings. The van der Waals surface area contributed by atoms with Crippen LogP contribution in [-0.2, 0) is 11.3 Å². The molecule has 1 amide bonds. The van der Waals surface area contributed by atoms with Crippen molar-refractivity contribution in [2.75, 3.05) is 44.2 Å². The molecular weight excluding hydrogens is 452 g/mol. The first-order chi connectivity index (χ1) is 14.4. The van der Waals surface area contributed by atoms with Gasteiger partial charge in [-0.05, 0) is 30.5 Å². The number of anilines is 1. The van der Waals surface area contributed by atoms with Gasteiger partial charge in [0.1, 0.15) is 0 Å². The van der Waals surface area contributed by atoms with E-state index in [0.717, 1.165) is 42.1 Å². The second-order valence-electron chi connectivity index (χ2n) is 7.58. The Labute approximate surface area is 180 Å². The third kappa shape index (κ3) is 6.09. The number of hydrogen-bond acceptors (Lipinski definition) is 4. The third-order valence-electron chi connectivity index (χ3n) is 5.33. The predicted octanol–water partition coefficient (Wildman–Crippen LogP) is 4.69. The first-order valence-electron chi connectivity index (χ1n) is 9.80. The number of carbonyl (C=O) groups excluding carboxylic acids is 1. The average molecular weight is 474 g/mol. The van der Waals surface area contributed by atoms with E-state index in [0.29, 0.717) is 24.7 Å². The molecule has 0 aromatic heterocycles. The Kier molecular flexibility index (Phi) is 7.14. The quantitative estimate of drug-likeness (QED) is 0.595. The summed E-state index contributed by atoms with van der Waals surface area (Å²) in [6.07, 6.45) is -15.0. The molecule has 2 aliphatic heterocycles. The Hall–Kier alpha value is -1.88. The van der Waals surface area contributed by atoms with Crippen molar-refractivity contribution in [1.82, 2.24) is 9.80 Å². The van der Waals surface area contributed by atoms with E-state index < -0.39 is 24.5 Å². The molecule has 31 heavy (non-hydrogen) atoms. The van der Waals surface area contributed by atoms with Crippen LogP contribution in [-0.4, -0.2) is 73.6 Å². The summed E-state index contributed by atoms with van der Waals surface area (Å²) in [6.45, 7) is 2.89. The van der Waals surface area contributed by atoms with E-state index in [-0.39, 0.29) is 13.1 Å². The molecule has 0 unspecified atom stereocenters. The standard InChI is InChI=1S/C19H22ClF6N3O2/c20-14-4-3-13(15(11-14)28-5-1-2-6-28)12-27-7-9-29(10-8-27)17(30)31-16(18(21,22)23)19(24,25)26/h3-4,11,16H,1-2,5-10,12H2. The van der Waals surface area contributed by atoms with Crippen LogP contribution < -0.4 is 4.90 Å². The van der Waals surface area contributed by atoms with Crippen molar-refractivity contribution >= 4 is 23.4 Å². The summed E-state index contributed by atoms with van der Waals surface area (Å²) in [4.78, 5) is 17.0. The molecule has 0 radical (unpaired) electrons. The second kappa shape index (κ2) is 9.32. The van der Waals surface area contributed by atoms with Crippen LogP contribution in [0.25, 0.3) is 0 Å². The minimum atomic E-state index is -5.73. The Morgan fingerprint density at radius 2 is 1.55 bits per heavy atom. The molecule has 0 N–H and O–H groups in total. The molecule has 0 aliphatic carbocycles. The van der Waals surface area contributed by atoms with Gasteiger partial charge in [-0.15, -0.1) is 0 Å². The van der Waals surface area contributed by atoms with Gasteiger partial charge in [0.15, 0.2) is 0 Å². The van der Waals surface area contributed by atoms with Crippen molar-refractivity contribution in [3.8, 4) is 0 Å². The molecule has 0 bridgehead atoms. The lowest BCUT2D eigenvalue weighted by Gasteiger charge is -2.36. The Bertz CT molecular complexity index is 761. The van der Waals surface area contributed by atoms with Gasteiger partial charge in [-0.1, -0.05) is 17.7 Å². The second-order valence-corrected chi connectivity index (χ2v) is 8.01. The molecule has 1 aromatic rings. The third-order valence-corrected chi connectivity index (χ3v) is 5.57. The lowest BCUT2D eigenvalue weighted by atomic mass is 10.1. The predicted molar refractivity (Wildman–Crippen MR) is 102 cm³/mol. The van der Waals surface area contributed by atoms with E-state index in [1.54, 1.807) is 6.07 Å². The number of alkyl halides is 6. The summed E-state index contributed by atoms with van der Waals surface area (Å²) in [5, 5.41) is 0.613. The minimum Gasteiger partial charge on any atom is -0.426 e. The maximum Gasteiger partial charge on any atom is 0.434 e. The maximum absolute atomic E-state index is 12.6. The molecule has 5 nitrogen and oxygen atoms in total. The van der Waals surface area contributed by atoms with E-state index >= 15 is 0 Å². The Balaban J connectivity index is 1.58. The summed E-state index contributed by atoms with van der Waals surface area (Å²) in [5.74, 6) is 0. The molecular formula is C19H22ClF6N3O2. The lowest BCUT2D eigenvalue weighted by molar-refractivity contribution is -0.308. The van der Waals surface area contributed by atoms with Gasteiger partial charge in [0, 0.05) is 56.5 Å². The highest BCUT2D eigenvalue weighted by molar-refractivity contribution is 6.30. The van der Waals surface area contributed by atoms with Crippen molar-refractivity contribution in [3.05, 3.63) is 28.8 Å². The molecule has 12 heteroatoms. The largest absolute Gasteiger partial charge is 0.434 e. The highest BCUT2D eigenvalue weighted by atomic mass is 35.5. The molecule has 2 saturated heterocycles. The number of halogens is 7. The summed E-state index contributed by atoms with van der Waals surface area (Å²) in [7, 11) is 0. The van der Waals surface area contributed by atoms with Crippen LogP contribution >= 0.6 is 11.6 Å². The summed E-state index contributed by atoms with van der Waals surface area (Å²) in [5.41, 5.74) is 2.04. The number of hydrogen-bond donors (Lipinski definition) is 0. The number of carbonyl (C=O) groups is 1. The zero-order valence-corrected chi connectivity index (χ0v) is 17.2. The molecule has 2 aliphatic rings. The lowest BCUT2D eigenvalue weighted by Crippen LogP contribution is -2.52. The minimum absolute atomic E-state index is 0.0338. The fourth-order valence-electron chi connectivity index (χ4n) is 3.75. The van der Waals surface area contributed by atoms with Gasteiger partial charge in [-0.25, -0.2) is 4.79 Å². The van der Waals surface area contributed by atoms with E-state index in [1.807, 2.05) is 17.0 Å². The summed E-state index contributed by atoms with van der Waals surface area (Å²) < 4.78 is 79.4. The zero-order chi connectivity index (χ0) is 22.8. The van der Waals surface area contributed by atoms with E-state index in [1.165, 1.54) is 0 Å². The van der Waals surface area contributed by atoms with Crippen molar-refractivity contribution in [2.45, 2.75) is 37.8 Å². The highest BCUT2D eigenvalue weighted by Gasteiger charge is 2.60. The van der Waals surface area contributed by atoms with E-state index in [2.05, 4.69) is 9.64 Å². The average Bonchev–Trinajstić information content (AvgIpc) is 3.20. The monoisotopic (exact) mass is 473 g/mol. The number of ether oxygens (including phenoxy) is 1. The smallest absolute Gasteiger partial charge is 0.426 e. The topological polar surface area (TPSA) is 36.0 Å². The van der Waals surface area contributed by atoms with Crippen LogP contribution in [0.15, 0.2) is 18.2 Å². The van der Waals surface area contributed by atoms with E-state index in [4.69, 9.17) is 11.6 Å². The molecule has 1 aromatic carbocycles. The highest BCUT2D eigenvalue weighted by Crippen LogP contribution is 2.36. The maximum atomic E-state index is 12.6. The van der Waals surface area contributed by atoms with Crippen molar-refractivity contribution in [2.24, 2.45) is 0 Å². The SMILES string of the molecule is O=C(OC(C(F)(F)F)C(F)(F)F)N1CCN(Cc2ccc(Cl)cc2N2CCCC2)CC1. The fraction of sp³-hybridized carbons (Fsp3) is 0.632. The van der Waals surface area contributed by atoms with Crippen molar-refractivity contribution in [1.29, 1.82) is 0 Å². The van der Waals surface area contributed by atoms with Crippen LogP contribution in [0.3, 0.4) is 0 Å². The molecule has 2 heterocycles. The van der Waals surface area contributed by atoms with Gasteiger partial charge >= 0.3 is 18.4 Å². The summed E-state index contributed by atoms with van der Waals surface area (Å²) in [6, 6.07) is 5.58. The fourth-order valence-corrected chi connectivity index (χ4v) is 3.91. The number of amides is 1. The Morgan fingerprint density at radius 3 is 2.10 bits per heavy atom. The number of rotatable bonds is 4. The van der Waals surface area contributed by atoms with Crippen LogP contribution in [0.2, 0.25) is 5.02 Å². The first-order valence-corrected chi connectivity index (χ1v) is 10.2. The van der Waals surface area contributed by atoms with Gasteiger partial charge in [-0.2, -0.15) is 26.3 Å². The molecule has 0 saturated carbocycles. The van der Waals surface area contributed by atoms with Crippen LogP contribution in [0.1, 0.15) is 18.4 Å². The Morgan fingerprint density at radius 1 is 0.968 bits per heavy atom. The van der Waals surface area contributed by atoms with Gasteiger partial charge in [0.25, 0.3) is 6.10 Å². The number of benzene rings is 1. The molecule has 0 spiro atoms. The molecule has 3 rings (SSSR count). The molecule has 174 valence electrons. The van der Waals surface area contributed by atoms with Crippen molar-refractivity contribution < 1.29 is 35.9 Å². The van der Waals surface area contributed by atoms with E-state index in [9.17, 15) is 31.1 Å². The number of nitrogens with zero attached hydrogens (tertiary/aromatic N) is 3. The van der Waals surface area contributed by atoms with Crippen LogP contribution in [0.4, 0.5) is 36.8 Å². The molecule has 0 atom stereocenters. The van der Waals surface area contributed by atoms with Crippen LogP contribution in [0.5, 0.6) is 0 Å². The van der Waals surface area contributed by atoms with Crippen molar-refractivity contribution in [3.63, 3.8) is 0 Å². The van der Waals surface area contributed by atoms with Gasteiger partial charge < -0.3 is 14.5 Å².